The maximum absolute atomic E-state index is 3.45. The monoisotopic (exact) mass is 311 g/mol. The average Bonchev–Trinajstić information content (AvgIpc) is 2.19. The third kappa shape index (κ3) is 2.18. The highest BCUT2D eigenvalue weighted by atomic mass is 79.9. The zero-order valence-corrected chi connectivity index (χ0v) is 10.7. The molecule has 0 aliphatic carbocycles. The number of hydrogen-bond acceptors (Lipinski definition) is 0. The van der Waals surface area contributed by atoms with Crippen molar-refractivity contribution in [2.24, 2.45) is 0 Å². The highest BCUT2D eigenvalue weighted by Gasteiger charge is 1.97. The molecule has 0 atom stereocenters. The molecule has 1 radical (unpaired) electrons. The van der Waals surface area contributed by atoms with Crippen molar-refractivity contribution in [1.29, 1.82) is 0 Å². The summed E-state index contributed by atoms with van der Waals surface area (Å²) >= 11 is 6.87. The predicted molar refractivity (Wildman–Crippen MR) is 68.0 cm³/mol. The second kappa shape index (κ2) is 4.45. The summed E-state index contributed by atoms with van der Waals surface area (Å²) in [5.74, 6) is 0. The van der Waals surface area contributed by atoms with Gasteiger partial charge in [0.1, 0.15) is 0 Å². The molecule has 0 heterocycles. The standard InChI is InChI=1S/C12H9Br2/c13-6-5-9-1-2-11-8-12(14)4-3-10(11)7-9/h1-3,7-8H,5-6H2. The quantitative estimate of drug-likeness (QED) is 0.724. The molecule has 2 rings (SSSR count). The van der Waals surface area contributed by atoms with E-state index >= 15 is 0 Å². The largest absolute Gasteiger partial charge is 0.0924 e. The molecule has 0 N–H and O–H groups in total. The number of aryl methyl sites for hydroxylation is 1. The summed E-state index contributed by atoms with van der Waals surface area (Å²) in [6, 6.07) is 13.8. The molecule has 0 spiro atoms. The molecule has 0 saturated heterocycles. The smallest absolute Gasteiger partial charge is 0.0260 e. The van der Waals surface area contributed by atoms with Crippen molar-refractivity contribution in [3.05, 3.63) is 46.4 Å². The van der Waals surface area contributed by atoms with Gasteiger partial charge in [0.25, 0.3) is 0 Å². The predicted octanol–water partition coefficient (Wildman–Crippen LogP) is 4.34. The molecule has 0 aromatic heterocycles. The fourth-order valence-electron chi connectivity index (χ4n) is 1.47. The van der Waals surface area contributed by atoms with E-state index in [9.17, 15) is 0 Å². The summed E-state index contributed by atoms with van der Waals surface area (Å²) in [5, 5.41) is 3.53. The second-order valence-electron chi connectivity index (χ2n) is 3.18. The van der Waals surface area contributed by atoms with Crippen LogP contribution in [0.25, 0.3) is 10.8 Å². The van der Waals surface area contributed by atoms with Gasteiger partial charge in [-0.05, 0) is 41.0 Å². The highest BCUT2D eigenvalue weighted by molar-refractivity contribution is 9.10. The van der Waals surface area contributed by atoms with Gasteiger partial charge in [0, 0.05) is 9.80 Å². The highest BCUT2D eigenvalue weighted by Crippen LogP contribution is 2.20. The lowest BCUT2D eigenvalue weighted by Gasteiger charge is -2.02. The SMILES string of the molecule is BrCCc1ccc2cc(Br)[c]cc2c1. The van der Waals surface area contributed by atoms with Crippen molar-refractivity contribution in [1.82, 2.24) is 0 Å². The van der Waals surface area contributed by atoms with Gasteiger partial charge >= 0.3 is 0 Å². The summed E-state index contributed by atoms with van der Waals surface area (Å²) < 4.78 is 1.01. The topological polar surface area (TPSA) is 0 Å². The van der Waals surface area contributed by atoms with Gasteiger partial charge in [0.15, 0.2) is 0 Å². The van der Waals surface area contributed by atoms with Crippen molar-refractivity contribution < 1.29 is 0 Å². The van der Waals surface area contributed by atoms with Crippen molar-refractivity contribution >= 4 is 42.6 Å². The average molecular weight is 313 g/mol. The van der Waals surface area contributed by atoms with Gasteiger partial charge in [-0.1, -0.05) is 50.1 Å². The van der Waals surface area contributed by atoms with Crippen LogP contribution in [0.2, 0.25) is 0 Å². The van der Waals surface area contributed by atoms with Crippen LogP contribution in [0.3, 0.4) is 0 Å². The molecule has 0 aliphatic heterocycles. The van der Waals surface area contributed by atoms with Gasteiger partial charge in [-0.15, -0.1) is 0 Å². The third-order valence-corrected chi connectivity index (χ3v) is 3.04. The number of halogens is 2. The molecule has 14 heavy (non-hydrogen) atoms. The number of hydrogen-bond donors (Lipinski definition) is 0. The molecule has 0 fully saturated rings. The van der Waals surface area contributed by atoms with Crippen molar-refractivity contribution in [3.8, 4) is 0 Å². The van der Waals surface area contributed by atoms with E-state index in [0.29, 0.717) is 0 Å². The lowest BCUT2D eigenvalue weighted by molar-refractivity contribution is 1.18. The van der Waals surface area contributed by atoms with Crippen LogP contribution in [-0.4, -0.2) is 5.33 Å². The summed E-state index contributed by atoms with van der Waals surface area (Å²) in [6.45, 7) is 0. The Bertz CT molecular complexity index is 449. The molecule has 0 nitrogen and oxygen atoms in total. The Hall–Kier alpha value is -0.340. The minimum Gasteiger partial charge on any atom is -0.0924 e. The third-order valence-electron chi connectivity index (χ3n) is 2.18. The summed E-state index contributed by atoms with van der Waals surface area (Å²) in [7, 11) is 0. The molecule has 2 aromatic carbocycles. The first-order valence-electron chi connectivity index (χ1n) is 4.45. The first kappa shape index (κ1) is 10.2. The minimum absolute atomic E-state index is 1.01. The van der Waals surface area contributed by atoms with E-state index in [0.717, 1.165) is 16.2 Å². The van der Waals surface area contributed by atoms with E-state index in [2.05, 4.69) is 62.2 Å². The fraction of sp³-hybridized carbons (Fsp3) is 0.167. The Morgan fingerprint density at radius 3 is 2.79 bits per heavy atom. The normalized spacial score (nSPS) is 10.7. The van der Waals surface area contributed by atoms with Gasteiger partial charge in [-0.25, -0.2) is 0 Å². The van der Waals surface area contributed by atoms with Gasteiger partial charge in [0.2, 0.25) is 0 Å². The van der Waals surface area contributed by atoms with E-state index in [4.69, 9.17) is 0 Å². The number of benzene rings is 2. The van der Waals surface area contributed by atoms with E-state index < -0.39 is 0 Å². The van der Waals surface area contributed by atoms with Gasteiger partial charge in [-0.3, -0.25) is 0 Å². The molecule has 0 aliphatic rings. The molecular weight excluding hydrogens is 304 g/mol. The summed E-state index contributed by atoms with van der Waals surface area (Å²) in [6.07, 6.45) is 1.08. The minimum atomic E-state index is 1.01. The zero-order chi connectivity index (χ0) is 9.97. The van der Waals surface area contributed by atoms with Crippen molar-refractivity contribution in [3.63, 3.8) is 0 Å². The molecule has 0 bridgehead atoms. The lowest BCUT2D eigenvalue weighted by Crippen LogP contribution is -1.85. The molecule has 0 unspecified atom stereocenters. The number of alkyl halides is 1. The second-order valence-corrected chi connectivity index (χ2v) is 4.83. The van der Waals surface area contributed by atoms with Crippen LogP contribution in [0.4, 0.5) is 0 Å². The molecule has 2 aromatic rings. The molecule has 71 valence electrons. The Morgan fingerprint density at radius 1 is 1.14 bits per heavy atom. The maximum Gasteiger partial charge on any atom is 0.0260 e. The lowest BCUT2D eigenvalue weighted by atomic mass is 10.1. The Labute approximate surface area is 101 Å². The molecular formula is C12H9Br2. The van der Waals surface area contributed by atoms with Crippen LogP contribution in [0.5, 0.6) is 0 Å². The molecule has 2 heteroatoms. The first-order chi connectivity index (χ1) is 6.79. The Morgan fingerprint density at radius 2 is 2.00 bits per heavy atom. The van der Waals surface area contributed by atoms with Crippen molar-refractivity contribution in [2.45, 2.75) is 6.42 Å². The Kier molecular flexibility index (Phi) is 3.24. The Balaban J connectivity index is 2.50. The van der Waals surface area contributed by atoms with E-state index in [1.54, 1.807) is 0 Å². The zero-order valence-electron chi connectivity index (χ0n) is 7.56. The first-order valence-corrected chi connectivity index (χ1v) is 6.37. The molecule has 0 saturated carbocycles. The van der Waals surface area contributed by atoms with Gasteiger partial charge in [0.05, 0.1) is 0 Å². The van der Waals surface area contributed by atoms with Crippen LogP contribution in [0.1, 0.15) is 5.56 Å². The van der Waals surface area contributed by atoms with Crippen LogP contribution in [0.15, 0.2) is 34.8 Å². The van der Waals surface area contributed by atoms with E-state index in [1.165, 1.54) is 16.3 Å². The van der Waals surface area contributed by atoms with Crippen molar-refractivity contribution in [2.75, 3.05) is 5.33 Å². The summed E-state index contributed by atoms with van der Waals surface area (Å²) in [5.41, 5.74) is 1.37. The number of rotatable bonds is 2. The van der Waals surface area contributed by atoms with Crippen LogP contribution < -0.4 is 0 Å². The fourth-order valence-corrected chi connectivity index (χ4v) is 2.29. The van der Waals surface area contributed by atoms with E-state index in [1.807, 2.05) is 6.07 Å². The van der Waals surface area contributed by atoms with Crippen LogP contribution in [0, 0.1) is 6.07 Å². The van der Waals surface area contributed by atoms with Gasteiger partial charge < -0.3 is 0 Å². The van der Waals surface area contributed by atoms with E-state index in [-0.39, 0.29) is 0 Å². The number of fused-ring (bicyclic) bond motifs is 1. The summed E-state index contributed by atoms with van der Waals surface area (Å²) in [4.78, 5) is 0. The van der Waals surface area contributed by atoms with Crippen LogP contribution >= 0.6 is 31.9 Å². The maximum atomic E-state index is 3.45. The van der Waals surface area contributed by atoms with Crippen LogP contribution in [-0.2, 0) is 6.42 Å². The van der Waals surface area contributed by atoms with Gasteiger partial charge in [-0.2, -0.15) is 0 Å². The molecule has 0 amide bonds.